The number of benzene rings is 1. The van der Waals surface area contributed by atoms with Crippen LogP contribution in [0.25, 0.3) is 0 Å². The van der Waals surface area contributed by atoms with E-state index in [1.165, 1.54) is 12.1 Å². The van der Waals surface area contributed by atoms with Gasteiger partial charge >= 0.3 is 0 Å². The van der Waals surface area contributed by atoms with Crippen molar-refractivity contribution in [2.75, 3.05) is 39.8 Å². The summed E-state index contributed by atoms with van der Waals surface area (Å²) in [5.74, 6) is -1.03. The molecule has 0 aliphatic carbocycles. The molecule has 0 radical (unpaired) electrons. The van der Waals surface area contributed by atoms with Gasteiger partial charge in [-0.25, -0.2) is 4.39 Å². The second kappa shape index (κ2) is 7.49. The molecule has 0 saturated carbocycles. The first kappa shape index (κ1) is 17.8. The number of hydrogen-bond acceptors (Lipinski definition) is 4. The van der Waals surface area contributed by atoms with E-state index in [2.05, 4.69) is 0 Å². The summed E-state index contributed by atoms with van der Waals surface area (Å²) in [6.07, 6.45) is -0.0678. The number of nitrogens with zero attached hydrogens (tertiary/aromatic N) is 3. The summed E-state index contributed by atoms with van der Waals surface area (Å²) < 4.78 is 13.0. The SMILES string of the molecule is CN1CC[C@@H](O)[C@H](C(=O)N2CCN(Cc3ccc(F)cc3)C(=O)C2)C1. The number of rotatable bonds is 3. The average molecular weight is 349 g/mol. The molecule has 25 heavy (non-hydrogen) atoms. The predicted molar refractivity (Wildman–Crippen MR) is 90.0 cm³/mol. The van der Waals surface area contributed by atoms with Crippen molar-refractivity contribution in [1.29, 1.82) is 0 Å². The first-order valence-electron chi connectivity index (χ1n) is 8.61. The number of amides is 2. The Morgan fingerprint density at radius 3 is 2.64 bits per heavy atom. The van der Waals surface area contributed by atoms with Gasteiger partial charge in [0.2, 0.25) is 11.8 Å². The largest absolute Gasteiger partial charge is 0.392 e. The second-order valence-electron chi connectivity index (χ2n) is 6.93. The van der Waals surface area contributed by atoms with Crippen LogP contribution >= 0.6 is 0 Å². The van der Waals surface area contributed by atoms with E-state index in [9.17, 15) is 19.1 Å². The number of carbonyl (C=O) groups excluding carboxylic acids is 2. The van der Waals surface area contributed by atoms with E-state index in [1.807, 2.05) is 11.9 Å². The molecule has 0 aromatic heterocycles. The Morgan fingerprint density at radius 1 is 1.24 bits per heavy atom. The minimum atomic E-state index is -0.643. The lowest BCUT2D eigenvalue weighted by Crippen LogP contribution is -2.56. The molecule has 1 aromatic carbocycles. The van der Waals surface area contributed by atoms with E-state index in [0.717, 1.165) is 12.1 Å². The maximum atomic E-state index is 13.0. The van der Waals surface area contributed by atoms with Gasteiger partial charge in [0.1, 0.15) is 5.82 Å². The minimum absolute atomic E-state index is 0.0347. The molecule has 0 bridgehead atoms. The molecule has 2 aliphatic rings. The van der Waals surface area contributed by atoms with Crippen molar-refractivity contribution < 1.29 is 19.1 Å². The highest BCUT2D eigenvalue weighted by atomic mass is 19.1. The van der Waals surface area contributed by atoms with Gasteiger partial charge in [-0.3, -0.25) is 9.59 Å². The van der Waals surface area contributed by atoms with Gasteiger partial charge in [0.05, 0.1) is 18.6 Å². The Bertz CT molecular complexity index is 637. The monoisotopic (exact) mass is 349 g/mol. The van der Waals surface area contributed by atoms with Gasteiger partial charge in [0, 0.05) is 32.7 Å². The van der Waals surface area contributed by atoms with Crippen molar-refractivity contribution in [3.8, 4) is 0 Å². The molecule has 3 rings (SSSR count). The van der Waals surface area contributed by atoms with Crippen LogP contribution in [0, 0.1) is 11.7 Å². The standard InChI is InChI=1S/C18H24FN3O3/c1-20-7-6-16(23)15(11-20)18(25)22-9-8-21(17(24)12-22)10-13-2-4-14(19)5-3-13/h2-5,15-16,23H,6-12H2,1H3/t15-,16-/m1/s1. The van der Waals surface area contributed by atoms with E-state index in [1.54, 1.807) is 21.9 Å². The van der Waals surface area contributed by atoms with E-state index >= 15 is 0 Å². The number of hydrogen-bond donors (Lipinski definition) is 1. The van der Waals surface area contributed by atoms with Crippen LogP contribution in [0.15, 0.2) is 24.3 Å². The summed E-state index contributed by atoms with van der Waals surface area (Å²) in [6, 6.07) is 6.07. The van der Waals surface area contributed by atoms with Gasteiger partial charge in [-0.1, -0.05) is 12.1 Å². The highest BCUT2D eigenvalue weighted by molar-refractivity contribution is 5.87. The third-order valence-electron chi connectivity index (χ3n) is 5.01. The van der Waals surface area contributed by atoms with Gasteiger partial charge < -0.3 is 19.8 Å². The summed E-state index contributed by atoms with van der Waals surface area (Å²) in [7, 11) is 1.93. The van der Waals surface area contributed by atoms with E-state index in [0.29, 0.717) is 32.6 Å². The number of piperidine rings is 1. The van der Waals surface area contributed by atoms with Crippen molar-refractivity contribution in [3.05, 3.63) is 35.6 Å². The van der Waals surface area contributed by atoms with Crippen LogP contribution in [0.3, 0.4) is 0 Å². The number of piperazine rings is 1. The number of halogens is 1. The fraction of sp³-hybridized carbons (Fsp3) is 0.556. The molecule has 6 nitrogen and oxygen atoms in total. The van der Waals surface area contributed by atoms with Gasteiger partial charge in [0.25, 0.3) is 0 Å². The molecule has 0 spiro atoms. The fourth-order valence-electron chi connectivity index (χ4n) is 3.45. The molecular formula is C18H24FN3O3. The predicted octanol–water partition coefficient (Wildman–Crippen LogP) is 0.309. The van der Waals surface area contributed by atoms with E-state index in [4.69, 9.17) is 0 Å². The summed E-state index contributed by atoms with van der Waals surface area (Å²) in [5.41, 5.74) is 0.860. The van der Waals surface area contributed by atoms with Crippen molar-refractivity contribution in [3.63, 3.8) is 0 Å². The van der Waals surface area contributed by atoms with Gasteiger partial charge in [0.15, 0.2) is 0 Å². The number of likely N-dealkylation sites (tertiary alicyclic amines) is 1. The molecule has 7 heteroatoms. The normalized spacial score (nSPS) is 25.3. The molecule has 2 heterocycles. The van der Waals surface area contributed by atoms with Crippen LogP contribution in [0.1, 0.15) is 12.0 Å². The fourth-order valence-corrected chi connectivity index (χ4v) is 3.45. The van der Waals surface area contributed by atoms with Crippen molar-refractivity contribution in [1.82, 2.24) is 14.7 Å². The smallest absolute Gasteiger partial charge is 0.242 e. The Morgan fingerprint density at radius 2 is 1.96 bits per heavy atom. The average Bonchev–Trinajstić information content (AvgIpc) is 2.60. The molecule has 1 aromatic rings. The Labute approximate surface area is 146 Å². The van der Waals surface area contributed by atoms with Gasteiger partial charge in [-0.2, -0.15) is 0 Å². The molecule has 2 saturated heterocycles. The lowest BCUT2D eigenvalue weighted by molar-refractivity contribution is -0.152. The second-order valence-corrected chi connectivity index (χ2v) is 6.93. The summed E-state index contributed by atoms with van der Waals surface area (Å²) in [4.78, 5) is 30.3. The lowest BCUT2D eigenvalue weighted by atomic mass is 9.93. The van der Waals surface area contributed by atoms with Crippen LogP contribution in [0.2, 0.25) is 0 Å². The van der Waals surface area contributed by atoms with Crippen LogP contribution in [0.5, 0.6) is 0 Å². The van der Waals surface area contributed by atoms with Crippen LogP contribution in [-0.2, 0) is 16.1 Å². The van der Waals surface area contributed by atoms with Crippen molar-refractivity contribution >= 4 is 11.8 Å². The summed E-state index contributed by atoms with van der Waals surface area (Å²) in [6.45, 7) is 2.64. The minimum Gasteiger partial charge on any atom is -0.392 e. The molecule has 2 fully saturated rings. The quantitative estimate of drug-likeness (QED) is 0.853. The maximum Gasteiger partial charge on any atom is 0.242 e. The molecule has 136 valence electrons. The van der Waals surface area contributed by atoms with Gasteiger partial charge in [-0.05, 0) is 31.2 Å². The molecule has 1 N–H and O–H groups in total. The third kappa shape index (κ3) is 4.16. The first-order valence-corrected chi connectivity index (χ1v) is 8.61. The highest BCUT2D eigenvalue weighted by Crippen LogP contribution is 2.20. The van der Waals surface area contributed by atoms with Crippen LogP contribution < -0.4 is 0 Å². The van der Waals surface area contributed by atoms with E-state index < -0.39 is 12.0 Å². The molecule has 2 atom stereocenters. The van der Waals surface area contributed by atoms with Crippen LogP contribution in [0.4, 0.5) is 4.39 Å². The molecule has 2 aliphatic heterocycles. The van der Waals surface area contributed by atoms with Crippen molar-refractivity contribution in [2.24, 2.45) is 5.92 Å². The molecule has 2 amide bonds. The maximum absolute atomic E-state index is 13.0. The third-order valence-corrected chi connectivity index (χ3v) is 5.01. The summed E-state index contributed by atoms with van der Waals surface area (Å²) >= 11 is 0. The number of aliphatic hydroxyl groups is 1. The number of aliphatic hydroxyl groups excluding tert-OH is 1. The highest BCUT2D eigenvalue weighted by Gasteiger charge is 2.37. The zero-order valence-corrected chi connectivity index (χ0v) is 14.4. The van der Waals surface area contributed by atoms with E-state index in [-0.39, 0.29) is 24.2 Å². The molecular weight excluding hydrogens is 325 g/mol. The number of carbonyl (C=O) groups is 2. The zero-order chi connectivity index (χ0) is 18.0. The lowest BCUT2D eigenvalue weighted by Gasteiger charge is -2.39. The first-order chi connectivity index (χ1) is 11.9. The Balaban J connectivity index is 1.58. The van der Waals surface area contributed by atoms with Crippen LogP contribution in [-0.4, -0.2) is 77.5 Å². The summed E-state index contributed by atoms with van der Waals surface area (Å²) in [5, 5.41) is 10.1. The van der Waals surface area contributed by atoms with Gasteiger partial charge in [-0.15, -0.1) is 0 Å². The zero-order valence-electron chi connectivity index (χ0n) is 14.4. The topological polar surface area (TPSA) is 64.1 Å². The van der Waals surface area contributed by atoms with Crippen molar-refractivity contribution in [2.45, 2.75) is 19.1 Å². The Kier molecular flexibility index (Phi) is 5.34. The molecule has 0 unspecified atom stereocenters. The Hall–Kier alpha value is -1.99.